The Bertz CT molecular complexity index is 742. The molecule has 2 rings (SSSR count). The fourth-order valence-corrected chi connectivity index (χ4v) is 3.54. The topological polar surface area (TPSA) is 107 Å². The van der Waals surface area contributed by atoms with E-state index >= 15 is 0 Å². The minimum atomic E-state index is -1.17. The summed E-state index contributed by atoms with van der Waals surface area (Å²) in [5.41, 5.74) is -1.17. The minimum absolute atomic E-state index is 0.0127. The molecule has 1 amide bonds. The van der Waals surface area contributed by atoms with Gasteiger partial charge in [0.25, 0.3) is 0 Å². The molecule has 3 atom stereocenters. The van der Waals surface area contributed by atoms with Gasteiger partial charge in [0.1, 0.15) is 18.8 Å². The molecule has 0 radical (unpaired) electrons. The van der Waals surface area contributed by atoms with E-state index in [0.717, 1.165) is 0 Å². The van der Waals surface area contributed by atoms with E-state index in [9.17, 15) is 14.7 Å². The molecule has 3 unspecified atom stereocenters. The Kier molecular flexibility index (Phi) is 8.94. The first-order valence-electron chi connectivity index (χ1n) is 10.6. The standard InChI is InChI=1S/C22H34N2O7/c1-6-28-17-9-7-8-10-18(17)29-14-22(13-24(21(26)27)11-12-30-22)16(4)31-20(25)19(23-5)15(2)3/h7-10,15-16,19,23H,6,11-14H2,1-5H3,(H,26,27). The van der Waals surface area contributed by atoms with E-state index in [2.05, 4.69) is 5.32 Å². The van der Waals surface area contributed by atoms with Gasteiger partial charge in [-0.15, -0.1) is 0 Å². The van der Waals surface area contributed by atoms with Crippen molar-refractivity contribution in [2.24, 2.45) is 5.92 Å². The maximum Gasteiger partial charge on any atom is 0.407 e. The van der Waals surface area contributed by atoms with Crippen molar-refractivity contribution >= 4 is 12.1 Å². The summed E-state index contributed by atoms with van der Waals surface area (Å²) in [5, 5.41) is 12.5. The van der Waals surface area contributed by atoms with Crippen LogP contribution in [0.5, 0.6) is 11.5 Å². The van der Waals surface area contributed by atoms with Crippen molar-refractivity contribution in [2.75, 3.05) is 40.0 Å². The van der Waals surface area contributed by atoms with Gasteiger partial charge in [0.15, 0.2) is 17.1 Å². The summed E-state index contributed by atoms with van der Waals surface area (Å²) < 4.78 is 23.4. The van der Waals surface area contributed by atoms with Crippen molar-refractivity contribution in [3.05, 3.63) is 24.3 Å². The number of carbonyl (C=O) groups is 2. The van der Waals surface area contributed by atoms with Crippen molar-refractivity contribution in [3.63, 3.8) is 0 Å². The van der Waals surface area contributed by atoms with E-state index < -0.39 is 29.8 Å². The van der Waals surface area contributed by atoms with E-state index in [-0.39, 0.29) is 32.2 Å². The second kappa shape index (κ2) is 11.2. The average Bonchev–Trinajstić information content (AvgIpc) is 2.73. The van der Waals surface area contributed by atoms with Gasteiger partial charge in [-0.05, 0) is 38.9 Å². The predicted octanol–water partition coefficient (Wildman–Crippen LogP) is 2.39. The average molecular weight is 439 g/mol. The fraction of sp³-hybridized carbons (Fsp3) is 0.636. The van der Waals surface area contributed by atoms with E-state index in [1.165, 1.54) is 4.90 Å². The molecule has 0 aliphatic carbocycles. The second-order valence-corrected chi connectivity index (χ2v) is 7.88. The molecule has 0 saturated carbocycles. The van der Waals surface area contributed by atoms with E-state index in [0.29, 0.717) is 18.1 Å². The van der Waals surface area contributed by atoms with Crippen LogP contribution in [0.2, 0.25) is 0 Å². The smallest absolute Gasteiger partial charge is 0.407 e. The highest BCUT2D eigenvalue weighted by atomic mass is 16.6. The van der Waals surface area contributed by atoms with Gasteiger partial charge in [0, 0.05) is 6.54 Å². The molecular formula is C22H34N2O7. The maximum atomic E-state index is 12.7. The highest BCUT2D eigenvalue weighted by Crippen LogP contribution is 2.31. The number of para-hydroxylation sites is 2. The van der Waals surface area contributed by atoms with Crippen molar-refractivity contribution < 1.29 is 33.6 Å². The van der Waals surface area contributed by atoms with Crippen LogP contribution in [0.15, 0.2) is 24.3 Å². The van der Waals surface area contributed by atoms with Crippen molar-refractivity contribution in [1.29, 1.82) is 0 Å². The number of esters is 1. The summed E-state index contributed by atoms with van der Waals surface area (Å²) in [7, 11) is 1.70. The number of benzene rings is 1. The first-order chi connectivity index (χ1) is 14.7. The lowest BCUT2D eigenvalue weighted by Gasteiger charge is -2.44. The molecule has 0 aromatic heterocycles. The number of carboxylic acid groups (broad SMARTS) is 1. The maximum absolute atomic E-state index is 12.7. The monoisotopic (exact) mass is 438 g/mol. The Labute approximate surface area is 183 Å². The second-order valence-electron chi connectivity index (χ2n) is 7.88. The Morgan fingerprint density at radius 2 is 1.87 bits per heavy atom. The number of carbonyl (C=O) groups excluding carboxylic acids is 1. The fourth-order valence-electron chi connectivity index (χ4n) is 3.54. The quantitative estimate of drug-likeness (QED) is 0.537. The zero-order valence-electron chi connectivity index (χ0n) is 18.9. The number of amides is 1. The van der Waals surface area contributed by atoms with Crippen molar-refractivity contribution in [3.8, 4) is 11.5 Å². The zero-order chi connectivity index (χ0) is 23.0. The Hall–Kier alpha value is -2.52. The van der Waals surface area contributed by atoms with Gasteiger partial charge in [-0.3, -0.25) is 4.79 Å². The van der Waals surface area contributed by atoms with Crippen molar-refractivity contribution in [1.82, 2.24) is 10.2 Å². The molecule has 0 spiro atoms. The number of hydrogen-bond acceptors (Lipinski definition) is 7. The number of morpholine rings is 1. The summed E-state index contributed by atoms with van der Waals surface area (Å²) in [6, 6.07) is 6.73. The van der Waals surface area contributed by atoms with Gasteiger partial charge in [-0.2, -0.15) is 0 Å². The van der Waals surface area contributed by atoms with Crippen LogP contribution in [0.1, 0.15) is 27.7 Å². The third kappa shape index (κ3) is 6.24. The molecule has 9 heteroatoms. The Morgan fingerprint density at radius 1 is 1.23 bits per heavy atom. The van der Waals surface area contributed by atoms with Gasteiger partial charge in [-0.25, -0.2) is 4.79 Å². The molecule has 1 saturated heterocycles. The van der Waals surface area contributed by atoms with Crippen LogP contribution in [0, 0.1) is 5.92 Å². The minimum Gasteiger partial charge on any atom is -0.490 e. The molecule has 1 aromatic rings. The Morgan fingerprint density at radius 3 is 2.42 bits per heavy atom. The lowest BCUT2D eigenvalue weighted by Crippen LogP contribution is -2.62. The summed E-state index contributed by atoms with van der Waals surface area (Å²) >= 11 is 0. The number of hydrogen-bond donors (Lipinski definition) is 2. The van der Waals surface area contributed by atoms with Crippen LogP contribution in [0.4, 0.5) is 4.79 Å². The molecule has 1 fully saturated rings. The number of nitrogens with one attached hydrogen (secondary N) is 1. The molecule has 1 aromatic carbocycles. The van der Waals surface area contributed by atoms with Crippen LogP contribution in [0.25, 0.3) is 0 Å². The Balaban J connectivity index is 2.25. The van der Waals surface area contributed by atoms with Crippen LogP contribution in [0.3, 0.4) is 0 Å². The first kappa shape index (κ1) is 24.7. The van der Waals surface area contributed by atoms with Crippen LogP contribution in [-0.4, -0.2) is 79.8 Å². The summed E-state index contributed by atoms with van der Waals surface area (Å²) in [6.45, 7) is 8.29. The third-order valence-electron chi connectivity index (χ3n) is 5.37. The van der Waals surface area contributed by atoms with Crippen LogP contribution >= 0.6 is 0 Å². The normalized spacial score (nSPS) is 20.8. The number of nitrogens with zero attached hydrogens (tertiary/aromatic N) is 1. The number of rotatable bonds is 10. The molecule has 174 valence electrons. The first-order valence-corrected chi connectivity index (χ1v) is 10.6. The van der Waals surface area contributed by atoms with Gasteiger partial charge >= 0.3 is 12.1 Å². The molecule has 1 aliphatic rings. The molecule has 2 N–H and O–H groups in total. The van der Waals surface area contributed by atoms with Crippen LogP contribution in [-0.2, 0) is 14.3 Å². The van der Waals surface area contributed by atoms with Gasteiger partial charge in [-0.1, -0.05) is 26.0 Å². The van der Waals surface area contributed by atoms with E-state index in [1.807, 2.05) is 32.9 Å². The highest BCUT2D eigenvalue weighted by Gasteiger charge is 2.47. The lowest BCUT2D eigenvalue weighted by molar-refractivity contribution is -0.196. The molecule has 1 heterocycles. The largest absolute Gasteiger partial charge is 0.490 e. The van der Waals surface area contributed by atoms with E-state index in [1.54, 1.807) is 26.1 Å². The molecule has 1 aliphatic heterocycles. The van der Waals surface area contributed by atoms with Gasteiger partial charge in [0.2, 0.25) is 0 Å². The lowest BCUT2D eigenvalue weighted by atomic mass is 9.95. The SMILES string of the molecule is CCOc1ccccc1OCC1(C(C)OC(=O)C(NC)C(C)C)CN(C(=O)O)CCO1. The number of likely N-dealkylation sites (N-methyl/N-ethyl adjacent to an activating group) is 1. The van der Waals surface area contributed by atoms with Crippen molar-refractivity contribution in [2.45, 2.75) is 45.4 Å². The molecular weight excluding hydrogens is 404 g/mol. The third-order valence-corrected chi connectivity index (χ3v) is 5.37. The van der Waals surface area contributed by atoms with Gasteiger partial charge in [0.05, 0.1) is 19.8 Å². The molecule has 31 heavy (non-hydrogen) atoms. The zero-order valence-corrected chi connectivity index (χ0v) is 18.9. The van der Waals surface area contributed by atoms with E-state index in [4.69, 9.17) is 18.9 Å². The number of ether oxygens (including phenoxy) is 4. The van der Waals surface area contributed by atoms with Gasteiger partial charge < -0.3 is 34.3 Å². The predicted molar refractivity (Wildman–Crippen MR) is 115 cm³/mol. The highest BCUT2D eigenvalue weighted by molar-refractivity contribution is 5.76. The summed E-state index contributed by atoms with van der Waals surface area (Å²) in [6.07, 6.45) is -1.81. The molecule has 0 bridgehead atoms. The molecule has 9 nitrogen and oxygen atoms in total. The van der Waals surface area contributed by atoms with Crippen LogP contribution < -0.4 is 14.8 Å². The summed E-state index contributed by atoms with van der Waals surface area (Å²) in [5.74, 6) is 0.687. The summed E-state index contributed by atoms with van der Waals surface area (Å²) in [4.78, 5) is 25.6.